The lowest BCUT2D eigenvalue weighted by Gasteiger charge is -2.37. The normalized spacial score (nSPS) is 19.0. The number of likely N-dealkylation sites (tertiary alicyclic amines) is 1. The van der Waals surface area contributed by atoms with Crippen molar-refractivity contribution in [2.24, 2.45) is 5.92 Å². The molecule has 1 atom stereocenters. The Balaban J connectivity index is 1.24. The fraction of sp³-hybridized carbons (Fsp3) is 0.440. The maximum absolute atomic E-state index is 13.3. The third-order valence-electron chi connectivity index (χ3n) is 7.44. The van der Waals surface area contributed by atoms with Gasteiger partial charge in [0, 0.05) is 42.3 Å². The van der Waals surface area contributed by atoms with Crippen molar-refractivity contribution >= 4 is 56.1 Å². The summed E-state index contributed by atoms with van der Waals surface area (Å²) in [6.07, 6.45) is 9.74. The van der Waals surface area contributed by atoms with E-state index in [2.05, 4.69) is 44.3 Å². The van der Waals surface area contributed by atoms with E-state index in [4.69, 9.17) is 11.6 Å². The summed E-state index contributed by atoms with van der Waals surface area (Å²) in [5.74, 6) is 1.12. The molecule has 10 heteroatoms. The van der Waals surface area contributed by atoms with Gasteiger partial charge in [0.1, 0.15) is 17.0 Å². The average Bonchev–Trinajstić information content (AvgIpc) is 3.47. The minimum absolute atomic E-state index is 0.0505. The Bertz CT molecular complexity index is 1410. The Morgan fingerprint density at radius 1 is 1.23 bits per heavy atom. The largest absolute Gasteiger partial charge is 0.342 e. The molecule has 0 aromatic carbocycles. The summed E-state index contributed by atoms with van der Waals surface area (Å²) in [4.78, 5) is 29.0. The highest BCUT2D eigenvalue weighted by atomic mass is 35.5. The maximum Gasteiger partial charge on any atom is 0.226 e. The molecule has 1 aliphatic heterocycles. The van der Waals surface area contributed by atoms with Gasteiger partial charge in [-0.2, -0.15) is 5.10 Å². The SMILES string of the molecule is CN(C)C1CCN(C(=O)[C@H]2CCc3c(sc4ncnc(Nc5cc6ccnn6cc5Cl)c34)C2)CC1. The van der Waals surface area contributed by atoms with Crippen molar-refractivity contribution in [3.63, 3.8) is 0 Å². The highest BCUT2D eigenvalue weighted by Gasteiger charge is 2.33. The van der Waals surface area contributed by atoms with Crippen molar-refractivity contribution in [1.29, 1.82) is 0 Å². The van der Waals surface area contributed by atoms with Crippen LogP contribution >= 0.6 is 22.9 Å². The summed E-state index contributed by atoms with van der Waals surface area (Å²) in [6.45, 7) is 1.72. The number of thiophene rings is 1. The molecule has 35 heavy (non-hydrogen) atoms. The van der Waals surface area contributed by atoms with Crippen molar-refractivity contribution in [2.75, 3.05) is 32.5 Å². The zero-order chi connectivity index (χ0) is 24.1. The molecule has 182 valence electrons. The number of carbonyl (C=O) groups excluding carboxylic acids is 1. The fourth-order valence-corrected chi connectivity index (χ4v) is 6.90. The van der Waals surface area contributed by atoms with Crippen molar-refractivity contribution in [3.8, 4) is 0 Å². The molecule has 4 aromatic rings. The molecule has 1 saturated heterocycles. The van der Waals surface area contributed by atoms with Crippen LogP contribution in [0.2, 0.25) is 5.02 Å². The second kappa shape index (κ2) is 9.04. The van der Waals surface area contributed by atoms with Gasteiger partial charge in [0.05, 0.1) is 21.6 Å². The van der Waals surface area contributed by atoms with Gasteiger partial charge >= 0.3 is 0 Å². The topological polar surface area (TPSA) is 78.7 Å². The standard InChI is InChI=1S/C25H28ClN7OS/c1-31(2)16-6-9-32(10-7-16)25(34)15-3-4-18-21(11-15)35-24-22(18)23(27-14-28-24)30-20-12-17-5-8-29-33(17)13-19(20)26/h5,8,12-16H,3-4,6-7,9-11H2,1-2H3,(H,27,28,30)/t15-/m0/s1. The van der Waals surface area contributed by atoms with Crippen LogP contribution in [-0.2, 0) is 17.6 Å². The van der Waals surface area contributed by atoms with E-state index in [9.17, 15) is 4.79 Å². The van der Waals surface area contributed by atoms with Gasteiger partial charge in [0.2, 0.25) is 5.91 Å². The Hall–Kier alpha value is -2.75. The highest BCUT2D eigenvalue weighted by Crippen LogP contribution is 2.41. The van der Waals surface area contributed by atoms with E-state index in [-0.39, 0.29) is 5.92 Å². The number of aryl methyl sites for hydroxylation is 1. The van der Waals surface area contributed by atoms with Crippen LogP contribution in [0.4, 0.5) is 11.5 Å². The van der Waals surface area contributed by atoms with Crippen LogP contribution in [0.15, 0.2) is 30.9 Å². The molecular weight excluding hydrogens is 482 g/mol. The maximum atomic E-state index is 13.3. The lowest BCUT2D eigenvalue weighted by Crippen LogP contribution is -2.47. The summed E-state index contributed by atoms with van der Waals surface area (Å²) in [7, 11) is 4.25. The molecule has 5 heterocycles. The minimum Gasteiger partial charge on any atom is -0.342 e. The number of hydrogen-bond donors (Lipinski definition) is 1. The van der Waals surface area contributed by atoms with E-state index < -0.39 is 0 Å². The molecule has 8 nitrogen and oxygen atoms in total. The number of aromatic nitrogens is 4. The number of carbonyl (C=O) groups is 1. The average molecular weight is 510 g/mol. The molecule has 1 fully saturated rings. The molecule has 0 spiro atoms. The molecule has 0 radical (unpaired) electrons. The zero-order valence-electron chi connectivity index (χ0n) is 19.9. The number of rotatable bonds is 4. The smallest absolute Gasteiger partial charge is 0.226 e. The number of anilines is 2. The minimum atomic E-state index is 0.0505. The van der Waals surface area contributed by atoms with Crippen LogP contribution in [0.3, 0.4) is 0 Å². The monoisotopic (exact) mass is 509 g/mol. The second-order valence-electron chi connectivity index (χ2n) is 9.73. The van der Waals surface area contributed by atoms with E-state index in [1.165, 1.54) is 10.4 Å². The van der Waals surface area contributed by atoms with Crippen LogP contribution in [0.5, 0.6) is 0 Å². The number of piperidine rings is 1. The molecule has 0 bridgehead atoms. The molecule has 4 aromatic heterocycles. The molecule has 2 aliphatic rings. The van der Waals surface area contributed by atoms with Gasteiger partial charge < -0.3 is 15.1 Å². The number of amides is 1. The van der Waals surface area contributed by atoms with E-state index >= 15 is 0 Å². The zero-order valence-corrected chi connectivity index (χ0v) is 21.4. The summed E-state index contributed by atoms with van der Waals surface area (Å²) in [5, 5.41) is 9.30. The van der Waals surface area contributed by atoms with Crippen LogP contribution < -0.4 is 5.32 Å². The molecule has 0 saturated carbocycles. The van der Waals surface area contributed by atoms with E-state index in [1.807, 2.05) is 12.1 Å². The molecule has 0 unspecified atom stereocenters. The molecule has 6 rings (SSSR count). The van der Waals surface area contributed by atoms with Gasteiger partial charge in [-0.05, 0) is 63.9 Å². The number of fused-ring (bicyclic) bond motifs is 4. The Morgan fingerprint density at radius 2 is 2.06 bits per heavy atom. The van der Waals surface area contributed by atoms with Crippen LogP contribution in [-0.4, -0.2) is 68.5 Å². The third-order valence-corrected chi connectivity index (χ3v) is 8.90. The number of nitrogens with zero attached hydrogens (tertiary/aromatic N) is 6. The lowest BCUT2D eigenvalue weighted by atomic mass is 9.86. The first kappa shape index (κ1) is 22.7. The van der Waals surface area contributed by atoms with Gasteiger partial charge in [-0.15, -0.1) is 11.3 Å². The first-order valence-electron chi connectivity index (χ1n) is 12.1. The van der Waals surface area contributed by atoms with Gasteiger partial charge in [0.25, 0.3) is 0 Å². The van der Waals surface area contributed by atoms with Gasteiger partial charge in [-0.3, -0.25) is 4.79 Å². The Kier molecular flexibility index (Phi) is 5.86. The van der Waals surface area contributed by atoms with Gasteiger partial charge in [-0.25, -0.2) is 14.5 Å². The van der Waals surface area contributed by atoms with Crippen LogP contribution in [0, 0.1) is 5.92 Å². The summed E-state index contributed by atoms with van der Waals surface area (Å²) >= 11 is 8.21. The van der Waals surface area contributed by atoms with E-state index in [0.717, 1.165) is 72.4 Å². The Labute approximate surface area is 212 Å². The summed E-state index contributed by atoms with van der Waals surface area (Å²) in [5.41, 5.74) is 3.00. The first-order valence-corrected chi connectivity index (χ1v) is 13.3. The number of hydrogen-bond acceptors (Lipinski definition) is 7. The van der Waals surface area contributed by atoms with Crippen molar-refractivity contribution < 1.29 is 4.79 Å². The number of nitrogens with one attached hydrogen (secondary N) is 1. The summed E-state index contributed by atoms with van der Waals surface area (Å²) in [6, 6.07) is 4.48. The quantitative estimate of drug-likeness (QED) is 0.439. The number of pyridine rings is 1. The van der Waals surface area contributed by atoms with E-state index in [0.29, 0.717) is 17.0 Å². The van der Waals surface area contributed by atoms with E-state index in [1.54, 1.807) is 34.6 Å². The van der Waals surface area contributed by atoms with Crippen molar-refractivity contribution in [2.45, 2.75) is 38.1 Å². The van der Waals surface area contributed by atoms with Crippen LogP contribution in [0.25, 0.3) is 15.7 Å². The summed E-state index contributed by atoms with van der Waals surface area (Å²) < 4.78 is 1.75. The highest BCUT2D eigenvalue weighted by molar-refractivity contribution is 7.19. The Morgan fingerprint density at radius 3 is 2.86 bits per heavy atom. The predicted octanol–water partition coefficient (Wildman–Crippen LogP) is 4.39. The molecular formula is C25H28ClN7OS. The third kappa shape index (κ3) is 4.15. The first-order chi connectivity index (χ1) is 17.0. The van der Waals surface area contributed by atoms with Crippen molar-refractivity contribution in [1.82, 2.24) is 29.4 Å². The molecule has 1 amide bonds. The molecule has 1 N–H and O–H groups in total. The molecule has 1 aliphatic carbocycles. The van der Waals surface area contributed by atoms with Crippen molar-refractivity contribution in [3.05, 3.63) is 46.3 Å². The second-order valence-corrected chi connectivity index (χ2v) is 11.2. The number of halogens is 1. The predicted molar refractivity (Wildman–Crippen MR) is 140 cm³/mol. The fourth-order valence-electron chi connectivity index (χ4n) is 5.44. The van der Waals surface area contributed by atoms with Gasteiger partial charge in [-0.1, -0.05) is 11.6 Å². The lowest BCUT2D eigenvalue weighted by molar-refractivity contribution is -0.137. The van der Waals surface area contributed by atoms with Gasteiger partial charge in [0.15, 0.2) is 0 Å². The van der Waals surface area contributed by atoms with Crippen LogP contribution in [0.1, 0.15) is 29.7 Å².